The molecular formula is C16H28N4O. The van der Waals surface area contributed by atoms with Gasteiger partial charge in [0.1, 0.15) is 0 Å². The van der Waals surface area contributed by atoms with E-state index in [4.69, 9.17) is 4.52 Å². The minimum Gasteiger partial charge on any atom is -0.338 e. The minimum absolute atomic E-state index is 0.240. The van der Waals surface area contributed by atoms with Crippen LogP contribution < -0.4 is 0 Å². The van der Waals surface area contributed by atoms with Gasteiger partial charge in [-0.3, -0.25) is 4.90 Å². The standard InChI is InChI=1S/C16H28N4O/c1-12(2)15-17-16(21-18-15)13(3)19-10-6-14(7-11-19)20-8-4-5-9-20/h12-14H,4-11H2,1-3H3/t13-/m0/s1. The zero-order valence-corrected chi connectivity index (χ0v) is 13.6. The number of hydrogen-bond acceptors (Lipinski definition) is 5. The number of nitrogens with zero attached hydrogens (tertiary/aromatic N) is 4. The number of piperidine rings is 1. The minimum atomic E-state index is 0.240. The SMILES string of the molecule is CC(C)c1noc([C@H](C)N2CCC(N3CCCC3)CC2)n1. The van der Waals surface area contributed by atoms with E-state index >= 15 is 0 Å². The Morgan fingerprint density at radius 3 is 2.29 bits per heavy atom. The molecule has 21 heavy (non-hydrogen) atoms. The monoisotopic (exact) mass is 292 g/mol. The van der Waals surface area contributed by atoms with Crippen LogP contribution in [0.25, 0.3) is 0 Å². The van der Waals surface area contributed by atoms with E-state index in [9.17, 15) is 0 Å². The molecule has 0 N–H and O–H groups in total. The summed E-state index contributed by atoms with van der Waals surface area (Å²) >= 11 is 0. The van der Waals surface area contributed by atoms with E-state index < -0.39 is 0 Å². The van der Waals surface area contributed by atoms with Gasteiger partial charge >= 0.3 is 0 Å². The van der Waals surface area contributed by atoms with Crippen LogP contribution in [0.2, 0.25) is 0 Å². The molecule has 0 amide bonds. The van der Waals surface area contributed by atoms with Crippen molar-refractivity contribution in [1.29, 1.82) is 0 Å². The predicted octanol–water partition coefficient (Wildman–Crippen LogP) is 2.81. The maximum atomic E-state index is 5.45. The van der Waals surface area contributed by atoms with Crippen molar-refractivity contribution < 1.29 is 4.52 Å². The first-order valence-electron chi connectivity index (χ1n) is 8.46. The number of rotatable bonds is 4. The van der Waals surface area contributed by atoms with Crippen LogP contribution in [-0.2, 0) is 0 Å². The van der Waals surface area contributed by atoms with Gasteiger partial charge in [0.05, 0.1) is 6.04 Å². The lowest BCUT2D eigenvalue weighted by Crippen LogP contribution is -2.44. The van der Waals surface area contributed by atoms with E-state index in [0.717, 1.165) is 30.8 Å². The smallest absolute Gasteiger partial charge is 0.243 e. The fourth-order valence-corrected chi connectivity index (χ4v) is 3.55. The normalized spacial score (nSPS) is 24.0. The molecule has 2 fully saturated rings. The molecule has 2 aliphatic heterocycles. The summed E-state index contributed by atoms with van der Waals surface area (Å²) in [4.78, 5) is 9.73. The van der Waals surface area contributed by atoms with Gasteiger partial charge in [-0.25, -0.2) is 0 Å². The topological polar surface area (TPSA) is 45.4 Å². The third-order valence-corrected chi connectivity index (χ3v) is 5.04. The van der Waals surface area contributed by atoms with Gasteiger partial charge < -0.3 is 9.42 Å². The molecule has 2 saturated heterocycles. The van der Waals surface area contributed by atoms with Crippen molar-refractivity contribution in [1.82, 2.24) is 19.9 Å². The molecule has 1 aromatic rings. The Morgan fingerprint density at radius 1 is 1.05 bits per heavy atom. The van der Waals surface area contributed by atoms with Gasteiger partial charge in [-0.2, -0.15) is 4.98 Å². The first-order valence-corrected chi connectivity index (χ1v) is 8.46. The molecular weight excluding hydrogens is 264 g/mol. The second-order valence-electron chi connectivity index (χ2n) is 6.83. The highest BCUT2D eigenvalue weighted by atomic mass is 16.5. The van der Waals surface area contributed by atoms with Crippen LogP contribution in [0.4, 0.5) is 0 Å². The molecule has 0 aliphatic carbocycles. The maximum absolute atomic E-state index is 5.45. The van der Waals surface area contributed by atoms with Crippen LogP contribution in [-0.4, -0.2) is 52.2 Å². The highest BCUT2D eigenvalue weighted by Gasteiger charge is 2.30. The average Bonchev–Trinajstić information content (AvgIpc) is 3.18. The van der Waals surface area contributed by atoms with Gasteiger partial charge in [0.25, 0.3) is 0 Å². The lowest BCUT2D eigenvalue weighted by Gasteiger charge is -2.38. The van der Waals surface area contributed by atoms with Crippen LogP contribution in [0, 0.1) is 0 Å². The molecule has 0 spiro atoms. The summed E-state index contributed by atoms with van der Waals surface area (Å²) in [6.45, 7) is 11.3. The summed E-state index contributed by atoms with van der Waals surface area (Å²) in [6, 6.07) is 1.04. The van der Waals surface area contributed by atoms with Crippen LogP contribution in [0.5, 0.6) is 0 Å². The Balaban J connectivity index is 1.55. The van der Waals surface area contributed by atoms with Crippen LogP contribution in [0.3, 0.4) is 0 Å². The molecule has 1 atom stereocenters. The summed E-state index contributed by atoms with van der Waals surface area (Å²) in [5.74, 6) is 1.93. The van der Waals surface area contributed by atoms with E-state index in [1.807, 2.05) is 0 Å². The van der Waals surface area contributed by atoms with E-state index in [2.05, 4.69) is 40.7 Å². The second kappa shape index (κ2) is 6.44. The Bertz CT molecular complexity index is 445. The molecule has 1 aromatic heterocycles. The summed E-state index contributed by atoms with van der Waals surface area (Å²) in [5.41, 5.74) is 0. The molecule has 2 aliphatic rings. The largest absolute Gasteiger partial charge is 0.338 e. The van der Waals surface area contributed by atoms with E-state index in [1.165, 1.54) is 38.8 Å². The number of hydrogen-bond donors (Lipinski definition) is 0. The summed E-state index contributed by atoms with van der Waals surface area (Å²) in [7, 11) is 0. The molecule has 5 nitrogen and oxygen atoms in total. The van der Waals surface area contributed by atoms with Crippen molar-refractivity contribution in [3.05, 3.63) is 11.7 Å². The molecule has 3 heterocycles. The van der Waals surface area contributed by atoms with Gasteiger partial charge in [-0.05, 0) is 45.7 Å². The predicted molar refractivity (Wildman–Crippen MR) is 82.2 cm³/mol. The van der Waals surface area contributed by atoms with E-state index in [-0.39, 0.29) is 6.04 Å². The highest BCUT2D eigenvalue weighted by Crippen LogP contribution is 2.27. The first kappa shape index (κ1) is 15.0. The van der Waals surface area contributed by atoms with Crippen molar-refractivity contribution in [3.63, 3.8) is 0 Å². The Kier molecular flexibility index (Phi) is 4.60. The molecule has 3 rings (SSSR count). The van der Waals surface area contributed by atoms with Crippen molar-refractivity contribution in [2.75, 3.05) is 26.2 Å². The Hall–Kier alpha value is -0.940. The average molecular weight is 292 g/mol. The lowest BCUT2D eigenvalue weighted by atomic mass is 10.0. The van der Waals surface area contributed by atoms with E-state index in [0.29, 0.717) is 5.92 Å². The van der Waals surface area contributed by atoms with Crippen molar-refractivity contribution in [2.45, 2.75) is 64.5 Å². The fraction of sp³-hybridized carbons (Fsp3) is 0.875. The van der Waals surface area contributed by atoms with Gasteiger partial charge in [-0.15, -0.1) is 0 Å². The lowest BCUT2D eigenvalue weighted by molar-refractivity contribution is 0.0891. The molecule has 0 saturated carbocycles. The molecule has 5 heteroatoms. The maximum Gasteiger partial charge on any atom is 0.243 e. The van der Waals surface area contributed by atoms with Crippen LogP contribution >= 0.6 is 0 Å². The van der Waals surface area contributed by atoms with Crippen molar-refractivity contribution in [3.8, 4) is 0 Å². The fourth-order valence-electron chi connectivity index (χ4n) is 3.55. The first-order chi connectivity index (χ1) is 10.1. The van der Waals surface area contributed by atoms with Gasteiger partial charge in [0.15, 0.2) is 5.82 Å². The quantitative estimate of drug-likeness (QED) is 0.854. The molecule has 0 unspecified atom stereocenters. The third-order valence-electron chi connectivity index (χ3n) is 5.04. The zero-order chi connectivity index (χ0) is 14.8. The summed E-state index contributed by atoms with van der Waals surface area (Å²) in [6.07, 6.45) is 5.32. The highest BCUT2D eigenvalue weighted by molar-refractivity contribution is 4.97. The van der Waals surface area contributed by atoms with Crippen molar-refractivity contribution in [2.24, 2.45) is 0 Å². The Labute approximate surface area is 127 Å². The summed E-state index contributed by atoms with van der Waals surface area (Å²) in [5, 5.41) is 4.09. The molecule has 0 bridgehead atoms. The van der Waals surface area contributed by atoms with Gasteiger partial charge in [-0.1, -0.05) is 19.0 Å². The molecule has 0 aromatic carbocycles. The number of aromatic nitrogens is 2. The Morgan fingerprint density at radius 2 is 1.71 bits per heavy atom. The zero-order valence-electron chi connectivity index (χ0n) is 13.6. The summed E-state index contributed by atoms with van der Waals surface area (Å²) < 4.78 is 5.45. The third kappa shape index (κ3) is 3.29. The van der Waals surface area contributed by atoms with E-state index in [1.54, 1.807) is 0 Å². The number of likely N-dealkylation sites (tertiary alicyclic amines) is 2. The van der Waals surface area contributed by atoms with Crippen molar-refractivity contribution >= 4 is 0 Å². The van der Waals surface area contributed by atoms with Gasteiger partial charge in [0.2, 0.25) is 5.89 Å². The van der Waals surface area contributed by atoms with Crippen LogP contribution in [0.1, 0.15) is 70.1 Å². The molecule has 0 radical (unpaired) electrons. The van der Waals surface area contributed by atoms with Crippen LogP contribution in [0.15, 0.2) is 4.52 Å². The van der Waals surface area contributed by atoms with Gasteiger partial charge in [0, 0.05) is 25.0 Å². The molecule has 118 valence electrons. The second-order valence-corrected chi connectivity index (χ2v) is 6.83.